The predicted molar refractivity (Wildman–Crippen MR) is 77.9 cm³/mol. The molecule has 1 fully saturated rings. The molecule has 0 atom stereocenters. The van der Waals surface area contributed by atoms with E-state index >= 15 is 0 Å². The number of hydrogen-bond donors (Lipinski definition) is 1. The standard InChI is InChI=1S/C15H20N4O2/c1-15(2,13-18-19-14(16)21-13)12-5-3-4-11(17-12)10-6-8-20-9-7-10/h3-5,10H,6-9H2,1-2H3,(H2,16,19). The number of pyridine rings is 1. The Balaban J connectivity index is 1.91. The topological polar surface area (TPSA) is 87.1 Å². The quantitative estimate of drug-likeness (QED) is 0.932. The number of nitrogens with zero attached hydrogens (tertiary/aromatic N) is 3. The highest BCUT2D eigenvalue weighted by Crippen LogP contribution is 2.32. The molecule has 0 amide bonds. The molecule has 21 heavy (non-hydrogen) atoms. The van der Waals surface area contributed by atoms with Crippen molar-refractivity contribution in [3.63, 3.8) is 0 Å². The molecule has 0 unspecified atom stereocenters. The minimum atomic E-state index is -0.466. The molecular formula is C15H20N4O2. The number of anilines is 1. The zero-order chi connectivity index (χ0) is 14.9. The van der Waals surface area contributed by atoms with E-state index in [1.54, 1.807) is 0 Å². The maximum Gasteiger partial charge on any atom is 0.312 e. The zero-order valence-corrected chi connectivity index (χ0v) is 12.4. The normalized spacial score (nSPS) is 17.0. The molecule has 6 heteroatoms. The summed E-state index contributed by atoms with van der Waals surface area (Å²) in [5, 5.41) is 7.74. The van der Waals surface area contributed by atoms with Gasteiger partial charge in [0.2, 0.25) is 5.89 Å². The van der Waals surface area contributed by atoms with Crippen molar-refractivity contribution in [1.82, 2.24) is 15.2 Å². The van der Waals surface area contributed by atoms with Crippen LogP contribution < -0.4 is 5.73 Å². The lowest BCUT2D eigenvalue weighted by molar-refractivity contribution is 0.0844. The minimum absolute atomic E-state index is 0.0821. The van der Waals surface area contributed by atoms with Gasteiger partial charge in [0, 0.05) is 24.8 Å². The van der Waals surface area contributed by atoms with Crippen LogP contribution in [0.4, 0.5) is 6.01 Å². The third-order valence-corrected chi connectivity index (χ3v) is 4.03. The number of nitrogens with two attached hydrogens (primary N) is 1. The fraction of sp³-hybridized carbons (Fsp3) is 0.533. The van der Waals surface area contributed by atoms with Crippen molar-refractivity contribution in [2.75, 3.05) is 18.9 Å². The van der Waals surface area contributed by atoms with Crippen LogP contribution in [0.3, 0.4) is 0 Å². The second-order valence-electron chi connectivity index (χ2n) is 5.90. The average molecular weight is 288 g/mol. The van der Waals surface area contributed by atoms with Crippen LogP contribution in [0.15, 0.2) is 22.6 Å². The molecule has 6 nitrogen and oxygen atoms in total. The highest BCUT2D eigenvalue weighted by Gasteiger charge is 2.31. The van der Waals surface area contributed by atoms with Gasteiger partial charge in [-0.15, -0.1) is 5.10 Å². The maximum atomic E-state index is 5.53. The first-order valence-electron chi connectivity index (χ1n) is 7.22. The van der Waals surface area contributed by atoms with Crippen LogP contribution in [0.25, 0.3) is 0 Å². The molecule has 2 aromatic rings. The van der Waals surface area contributed by atoms with Gasteiger partial charge in [-0.3, -0.25) is 4.98 Å². The van der Waals surface area contributed by atoms with Crippen molar-refractivity contribution >= 4 is 6.01 Å². The molecule has 2 N–H and O–H groups in total. The Bertz CT molecular complexity index is 618. The van der Waals surface area contributed by atoms with Gasteiger partial charge in [0.05, 0.1) is 11.1 Å². The van der Waals surface area contributed by atoms with Crippen molar-refractivity contribution in [3.8, 4) is 0 Å². The van der Waals surface area contributed by atoms with E-state index < -0.39 is 5.41 Å². The van der Waals surface area contributed by atoms with Crippen molar-refractivity contribution < 1.29 is 9.15 Å². The molecule has 0 saturated carbocycles. The van der Waals surface area contributed by atoms with Crippen LogP contribution in [0.1, 0.15) is 49.9 Å². The molecule has 1 saturated heterocycles. The fourth-order valence-corrected chi connectivity index (χ4v) is 2.62. The van der Waals surface area contributed by atoms with E-state index in [1.165, 1.54) is 0 Å². The number of ether oxygens (including phenoxy) is 1. The van der Waals surface area contributed by atoms with Gasteiger partial charge < -0.3 is 14.9 Å². The van der Waals surface area contributed by atoms with Gasteiger partial charge in [0.25, 0.3) is 0 Å². The van der Waals surface area contributed by atoms with E-state index in [0.717, 1.165) is 37.4 Å². The number of rotatable bonds is 3. The summed E-state index contributed by atoms with van der Waals surface area (Å²) in [4.78, 5) is 4.83. The Morgan fingerprint density at radius 3 is 2.62 bits per heavy atom. The maximum absolute atomic E-state index is 5.53. The Kier molecular flexibility index (Phi) is 3.63. The third-order valence-electron chi connectivity index (χ3n) is 4.03. The smallest absolute Gasteiger partial charge is 0.312 e. The molecule has 0 bridgehead atoms. The number of aromatic nitrogens is 3. The molecule has 3 rings (SSSR count). The van der Waals surface area contributed by atoms with E-state index in [4.69, 9.17) is 19.9 Å². The third kappa shape index (κ3) is 2.76. The van der Waals surface area contributed by atoms with Crippen LogP contribution >= 0.6 is 0 Å². The monoisotopic (exact) mass is 288 g/mol. The Hall–Kier alpha value is -1.95. The van der Waals surface area contributed by atoms with Crippen molar-refractivity contribution in [1.29, 1.82) is 0 Å². The van der Waals surface area contributed by atoms with Crippen LogP contribution in [0.5, 0.6) is 0 Å². The second-order valence-corrected chi connectivity index (χ2v) is 5.90. The largest absolute Gasteiger partial charge is 0.407 e. The summed E-state index contributed by atoms with van der Waals surface area (Å²) in [5.74, 6) is 0.943. The fourth-order valence-electron chi connectivity index (χ4n) is 2.62. The Labute approximate surface area is 123 Å². The Morgan fingerprint density at radius 1 is 1.19 bits per heavy atom. The number of nitrogen functional groups attached to an aromatic ring is 1. The van der Waals surface area contributed by atoms with Crippen LogP contribution in [-0.2, 0) is 10.2 Å². The molecule has 1 aliphatic heterocycles. The molecule has 112 valence electrons. The lowest BCUT2D eigenvalue weighted by Crippen LogP contribution is -2.23. The summed E-state index contributed by atoms with van der Waals surface area (Å²) in [7, 11) is 0. The molecule has 0 aromatic carbocycles. The summed E-state index contributed by atoms with van der Waals surface area (Å²) in [6, 6.07) is 6.19. The highest BCUT2D eigenvalue weighted by atomic mass is 16.5. The first kappa shape index (κ1) is 14.0. The lowest BCUT2D eigenvalue weighted by Gasteiger charge is -2.24. The molecular weight excluding hydrogens is 268 g/mol. The van der Waals surface area contributed by atoms with Gasteiger partial charge in [0.1, 0.15) is 0 Å². The van der Waals surface area contributed by atoms with Gasteiger partial charge in [-0.1, -0.05) is 11.2 Å². The summed E-state index contributed by atoms with van der Waals surface area (Å²) >= 11 is 0. The van der Waals surface area contributed by atoms with Gasteiger partial charge in [-0.05, 0) is 38.8 Å². The molecule has 2 aromatic heterocycles. The summed E-state index contributed by atoms with van der Waals surface area (Å²) in [6.45, 7) is 5.63. The molecule has 0 aliphatic carbocycles. The van der Waals surface area contributed by atoms with Crippen molar-refractivity contribution in [2.45, 2.75) is 38.0 Å². The SMILES string of the molecule is CC(C)(c1cccc(C2CCOCC2)n1)c1nnc(N)o1. The van der Waals surface area contributed by atoms with E-state index in [9.17, 15) is 0 Å². The summed E-state index contributed by atoms with van der Waals surface area (Å²) in [5.41, 5.74) is 7.08. The van der Waals surface area contributed by atoms with E-state index in [0.29, 0.717) is 11.8 Å². The van der Waals surface area contributed by atoms with Crippen LogP contribution in [-0.4, -0.2) is 28.4 Å². The zero-order valence-electron chi connectivity index (χ0n) is 12.4. The van der Waals surface area contributed by atoms with E-state index in [1.807, 2.05) is 26.0 Å². The molecule has 0 spiro atoms. The van der Waals surface area contributed by atoms with Gasteiger partial charge in [-0.2, -0.15) is 0 Å². The number of hydrogen-bond acceptors (Lipinski definition) is 6. The molecule has 1 aliphatic rings. The average Bonchev–Trinajstić information content (AvgIpc) is 2.96. The summed E-state index contributed by atoms with van der Waals surface area (Å²) < 4.78 is 10.8. The summed E-state index contributed by atoms with van der Waals surface area (Å²) in [6.07, 6.45) is 2.04. The highest BCUT2D eigenvalue weighted by molar-refractivity contribution is 5.27. The lowest BCUT2D eigenvalue weighted by atomic mass is 9.87. The predicted octanol–water partition coefficient (Wildman–Crippen LogP) is 2.27. The van der Waals surface area contributed by atoms with Crippen LogP contribution in [0, 0.1) is 0 Å². The Morgan fingerprint density at radius 2 is 1.95 bits per heavy atom. The molecule has 0 radical (unpaired) electrons. The molecule has 3 heterocycles. The van der Waals surface area contributed by atoms with Gasteiger partial charge in [-0.25, -0.2) is 0 Å². The first-order valence-corrected chi connectivity index (χ1v) is 7.22. The first-order chi connectivity index (χ1) is 10.1. The van der Waals surface area contributed by atoms with Gasteiger partial charge in [0.15, 0.2) is 0 Å². The van der Waals surface area contributed by atoms with Crippen molar-refractivity contribution in [2.24, 2.45) is 0 Å². The van der Waals surface area contributed by atoms with Crippen molar-refractivity contribution in [3.05, 3.63) is 35.5 Å². The van der Waals surface area contributed by atoms with Crippen LogP contribution in [0.2, 0.25) is 0 Å². The second kappa shape index (κ2) is 5.44. The minimum Gasteiger partial charge on any atom is -0.407 e. The van der Waals surface area contributed by atoms with Gasteiger partial charge >= 0.3 is 6.01 Å². The van der Waals surface area contributed by atoms with E-state index in [2.05, 4.69) is 16.3 Å². The van der Waals surface area contributed by atoms with E-state index in [-0.39, 0.29) is 6.01 Å².